The zero-order valence-corrected chi connectivity index (χ0v) is 25.3. The van der Waals surface area contributed by atoms with Crippen molar-refractivity contribution < 1.29 is 4.74 Å². The highest BCUT2D eigenvalue weighted by atomic mass is 16.5. The summed E-state index contributed by atoms with van der Waals surface area (Å²) < 4.78 is 6.63. The van der Waals surface area contributed by atoms with Crippen molar-refractivity contribution in [2.75, 3.05) is 0 Å². The summed E-state index contributed by atoms with van der Waals surface area (Å²) in [6, 6.07) is 54.0. The van der Waals surface area contributed by atoms with E-state index in [2.05, 4.69) is 159 Å². The van der Waals surface area contributed by atoms with Gasteiger partial charge in [-0.1, -0.05) is 135 Å². The molecule has 7 aromatic rings. The molecule has 0 bridgehead atoms. The number of benzene rings is 7. The normalized spacial score (nSPS) is 17.6. The fourth-order valence-corrected chi connectivity index (χ4v) is 8.75. The Morgan fingerprint density at radius 1 is 0.400 bits per heavy atom. The molecule has 10 rings (SSSR count). The number of hydrogen-bond acceptors (Lipinski definition) is 1. The van der Waals surface area contributed by atoms with E-state index in [-0.39, 0.29) is 5.41 Å². The molecule has 3 aliphatic rings. The zero-order chi connectivity index (χ0) is 29.9. The van der Waals surface area contributed by atoms with E-state index in [1.165, 1.54) is 77.5 Å². The predicted molar refractivity (Wildman–Crippen MR) is 184 cm³/mol. The van der Waals surface area contributed by atoms with Crippen LogP contribution in [0.4, 0.5) is 0 Å². The SMILES string of the molecule is CC1(C)c2ccccc2Oc2cc(-c3cccc4c3C3(c5ccccc5-c5cc6ccccc6cc53)c3ccccc3-4)ccc21. The van der Waals surface area contributed by atoms with E-state index in [1.54, 1.807) is 0 Å². The second-order valence-corrected chi connectivity index (χ2v) is 13.2. The van der Waals surface area contributed by atoms with Gasteiger partial charge in [-0.3, -0.25) is 0 Å². The molecule has 0 fully saturated rings. The Bertz CT molecular complexity index is 2390. The van der Waals surface area contributed by atoms with Crippen LogP contribution in [0.5, 0.6) is 11.5 Å². The summed E-state index contributed by atoms with van der Waals surface area (Å²) in [6.45, 7) is 4.60. The smallest absolute Gasteiger partial charge is 0.132 e. The van der Waals surface area contributed by atoms with Crippen molar-refractivity contribution in [3.63, 3.8) is 0 Å². The number of fused-ring (bicyclic) bond motifs is 13. The van der Waals surface area contributed by atoms with Gasteiger partial charge in [-0.15, -0.1) is 0 Å². The lowest BCUT2D eigenvalue weighted by Gasteiger charge is -2.35. The highest BCUT2D eigenvalue weighted by Crippen LogP contribution is 2.65. The third-order valence-corrected chi connectivity index (χ3v) is 10.7. The van der Waals surface area contributed by atoms with E-state index in [0.29, 0.717) is 0 Å². The maximum atomic E-state index is 6.63. The predicted octanol–water partition coefficient (Wildman–Crippen LogP) is 11.3. The second-order valence-electron chi connectivity index (χ2n) is 13.2. The van der Waals surface area contributed by atoms with Crippen LogP contribution in [0.3, 0.4) is 0 Å². The zero-order valence-electron chi connectivity index (χ0n) is 25.3. The Hall–Kier alpha value is -5.40. The molecule has 1 heterocycles. The summed E-state index contributed by atoms with van der Waals surface area (Å²) in [5, 5.41) is 2.55. The van der Waals surface area contributed by atoms with Crippen LogP contribution < -0.4 is 4.74 Å². The Morgan fingerprint density at radius 3 is 1.76 bits per heavy atom. The van der Waals surface area contributed by atoms with Crippen molar-refractivity contribution in [1.82, 2.24) is 0 Å². The third kappa shape index (κ3) is 3.08. The molecule has 1 nitrogen and oxygen atoms in total. The van der Waals surface area contributed by atoms with Gasteiger partial charge in [-0.05, 0) is 90.7 Å². The summed E-state index contributed by atoms with van der Waals surface area (Å²) in [4.78, 5) is 0. The quantitative estimate of drug-likeness (QED) is 0.189. The van der Waals surface area contributed by atoms with Gasteiger partial charge in [0, 0.05) is 16.5 Å². The first-order chi connectivity index (χ1) is 22.1. The molecule has 45 heavy (non-hydrogen) atoms. The molecular formula is C44H30O. The summed E-state index contributed by atoms with van der Waals surface area (Å²) in [7, 11) is 0. The lowest BCUT2D eigenvalue weighted by molar-refractivity contribution is 0.418. The fourth-order valence-electron chi connectivity index (χ4n) is 8.75. The largest absolute Gasteiger partial charge is 0.457 e. The van der Waals surface area contributed by atoms with Crippen molar-refractivity contribution >= 4 is 10.8 Å². The molecule has 1 aliphatic heterocycles. The van der Waals surface area contributed by atoms with Gasteiger partial charge < -0.3 is 4.74 Å². The van der Waals surface area contributed by atoms with Gasteiger partial charge in [0.25, 0.3) is 0 Å². The average Bonchev–Trinajstić information content (AvgIpc) is 3.54. The number of hydrogen-bond donors (Lipinski definition) is 0. The van der Waals surface area contributed by atoms with Gasteiger partial charge in [-0.2, -0.15) is 0 Å². The van der Waals surface area contributed by atoms with Crippen LogP contribution in [0.1, 0.15) is 47.2 Å². The Labute approximate surface area is 263 Å². The van der Waals surface area contributed by atoms with E-state index in [4.69, 9.17) is 4.74 Å². The van der Waals surface area contributed by atoms with Crippen molar-refractivity contribution in [3.8, 4) is 44.9 Å². The molecule has 0 N–H and O–H groups in total. The molecule has 1 unspecified atom stereocenters. The second kappa shape index (κ2) is 8.61. The molecule has 2 aliphatic carbocycles. The average molecular weight is 575 g/mol. The lowest BCUT2D eigenvalue weighted by Crippen LogP contribution is -2.27. The lowest BCUT2D eigenvalue weighted by atomic mass is 9.68. The van der Waals surface area contributed by atoms with E-state index in [9.17, 15) is 0 Å². The van der Waals surface area contributed by atoms with Crippen LogP contribution in [0.25, 0.3) is 44.2 Å². The number of rotatable bonds is 1. The minimum Gasteiger partial charge on any atom is -0.457 e. The summed E-state index contributed by atoms with van der Waals surface area (Å²) in [6.07, 6.45) is 0. The van der Waals surface area contributed by atoms with Gasteiger partial charge in [0.05, 0.1) is 5.41 Å². The monoisotopic (exact) mass is 574 g/mol. The summed E-state index contributed by atoms with van der Waals surface area (Å²) in [5.41, 5.74) is 15.0. The van der Waals surface area contributed by atoms with Crippen molar-refractivity contribution in [1.29, 1.82) is 0 Å². The molecule has 212 valence electrons. The number of para-hydroxylation sites is 1. The van der Waals surface area contributed by atoms with E-state index in [0.717, 1.165) is 11.5 Å². The van der Waals surface area contributed by atoms with Crippen LogP contribution >= 0.6 is 0 Å². The Morgan fingerprint density at radius 2 is 0.978 bits per heavy atom. The van der Waals surface area contributed by atoms with E-state index in [1.807, 2.05) is 0 Å². The molecule has 1 spiro atoms. The van der Waals surface area contributed by atoms with Crippen molar-refractivity contribution in [2.24, 2.45) is 0 Å². The van der Waals surface area contributed by atoms with Gasteiger partial charge in [0.15, 0.2) is 0 Å². The molecule has 0 saturated heterocycles. The molecule has 1 atom stereocenters. The minimum atomic E-state index is -0.429. The van der Waals surface area contributed by atoms with E-state index >= 15 is 0 Å². The molecular weight excluding hydrogens is 544 g/mol. The molecule has 1 heteroatoms. The van der Waals surface area contributed by atoms with Gasteiger partial charge in [0.2, 0.25) is 0 Å². The van der Waals surface area contributed by atoms with Crippen LogP contribution in [0.15, 0.2) is 146 Å². The number of ether oxygens (including phenoxy) is 1. The van der Waals surface area contributed by atoms with Gasteiger partial charge >= 0.3 is 0 Å². The molecule has 0 amide bonds. The maximum absolute atomic E-state index is 6.63. The van der Waals surface area contributed by atoms with Crippen molar-refractivity contribution in [2.45, 2.75) is 24.7 Å². The van der Waals surface area contributed by atoms with Crippen molar-refractivity contribution in [3.05, 3.63) is 179 Å². The molecule has 0 aromatic heterocycles. The minimum absolute atomic E-state index is 0.150. The first-order valence-corrected chi connectivity index (χ1v) is 15.9. The highest BCUT2D eigenvalue weighted by Gasteiger charge is 2.53. The third-order valence-electron chi connectivity index (χ3n) is 10.7. The van der Waals surface area contributed by atoms with Crippen LogP contribution in [-0.4, -0.2) is 0 Å². The summed E-state index contributed by atoms with van der Waals surface area (Å²) >= 11 is 0. The molecule has 0 radical (unpaired) electrons. The van der Waals surface area contributed by atoms with Gasteiger partial charge in [0.1, 0.15) is 11.5 Å². The van der Waals surface area contributed by atoms with Crippen LogP contribution in [0, 0.1) is 0 Å². The first-order valence-electron chi connectivity index (χ1n) is 15.9. The maximum Gasteiger partial charge on any atom is 0.132 e. The fraction of sp³-hybridized carbons (Fsp3) is 0.0909. The van der Waals surface area contributed by atoms with Crippen LogP contribution in [-0.2, 0) is 10.8 Å². The standard InChI is InChI=1S/C44H30O/c1-43(2)37-20-9-10-21-40(37)45-41-26-29(22-23-38(41)43)30-16-11-17-33-31-14-5-7-18-35(31)44(42(30)33)36-19-8-6-15-32(36)34-24-27-12-3-4-13-28(27)25-39(34)44/h3-26H,1-2H3. The Balaban J connectivity index is 1.29. The molecule has 7 aromatic carbocycles. The molecule has 0 saturated carbocycles. The summed E-state index contributed by atoms with van der Waals surface area (Å²) in [5.74, 6) is 1.89. The highest BCUT2D eigenvalue weighted by molar-refractivity contribution is 6.02. The Kier molecular flexibility index (Phi) is 4.78. The van der Waals surface area contributed by atoms with E-state index < -0.39 is 5.41 Å². The first kappa shape index (κ1) is 25.0. The van der Waals surface area contributed by atoms with Crippen LogP contribution in [0.2, 0.25) is 0 Å². The topological polar surface area (TPSA) is 9.23 Å². The van der Waals surface area contributed by atoms with Gasteiger partial charge in [-0.25, -0.2) is 0 Å².